The molecule has 0 radical (unpaired) electrons. The van der Waals surface area contributed by atoms with E-state index in [2.05, 4.69) is 0 Å². The highest BCUT2D eigenvalue weighted by Gasteiger charge is 2.06. The minimum atomic E-state index is 0.0217. The van der Waals surface area contributed by atoms with Crippen molar-refractivity contribution in [1.82, 2.24) is 0 Å². The number of hydrogen-bond acceptors (Lipinski definition) is 3. The van der Waals surface area contributed by atoms with E-state index in [-0.39, 0.29) is 5.75 Å². The van der Waals surface area contributed by atoms with Crippen LogP contribution in [0.25, 0.3) is 11.1 Å². The fraction of sp³-hybridized carbons (Fsp3) is 0.0714. The summed E-state index contributed by atoms with van der Waals surface area (Å²) in [7, 11) is 0. The number of thioether (sulfide) groups is 1. The summed E-state index contributed by atoms with van der Waals surface area (Å²) >= 11 is 1.65. The van der Waals surface area contributed by atoms with Gasteiger partial charge in [0.1, 0.15) is 5.75 Å². The summed E-state index contributed by atoms with van der Waals surface area (Å²) < 4.78 is 0. The van der Waals surface area contributed by atoms with Gasteiger partial charge < -0.3 is 5.11 Å². The van der Waals surface area contributed by atoms with Crippen molar-refractivity contribution in [2.24, 2.45) is 0 Å². The standard InChI is InChI=1S/C14H12O2S/c1-17-14-5-3-2-4-12(14)10-6-7-11(9-15)13(16)8-10/h2-9,16H,1H3. The van der Waals surface area contributed by atoms with Crippen molar-refractivity contribution in [3.05, 3.63) is 48.0 Å². The molecule has 86 valence electrons. The normalized spacial score (nSPS) is 10.2. The molecule has 0 heterocycles. The predicted molar refractivity (Wildman–Crippen MR) is 70.7 cm³/mol. The van der Waals surface area contributed by atoms with E-state index >= 15 is 0 Å². The van der Waals surface area contributed by atoms with E-state index in [0.29, 0.717) is 11.8 Å². The van der Waals surface area contributed by atoms with Crippen LogP contribution in [0.2, 0.25) is 0 Å². The van der Waals surface area contributed by atoms with Crippen LogP contribution in [0.15, 0.2) is 47.4 Å². The predicted octanol–water partition coefficient (Wildman–Crippen LogP) is 3.59. The van der Waals surface area contributed by atoms with E-state index in [1.165, 1.54) is 0 Å². The number of phenols is 1. The van der Waals surface area contributed by atoms with Crippen LogP contribution >= 0.6 is 11.8 Å². The van der Waals surface area contributed by atoms with Crippen molar-refractivity contribution >= 4 is 18.0 Å². The average Bonchev–Trinajstić information content (AvgIpc) is 2.38. The van der Waals surface area contributed by atoms with Crippen LogP contribution < -0.4 is 0 Å². The molecule has 2 aromatic carbocycles. The van der Waals surface area contributed by atoms with Crippen LogP contribution in [0.1, 0.15) is 10.4 Å². The minimum Gasteiger partial charge on any atom is -0.507 e. The van der Waals surface area contributed by atoms with E-state index < -0.39 is 0 Å². The zero-order valence-electron chi connectivity index (χ0n) is 9.38. The second-order valence-corrected chi connectivity index (χ2v) is 4.44. The number of rotatable bonds is 3. The van der Waals surface area contributed by atoms with Crippen molar-refractivity contribution in [3.8, 4) is 16.9 Å². The molecule has 0 bridgehead atoms. The third kappa shape index (κ3) is 2.34. The van der Waals surface area contributed by atoms with Gasteiger partial charge in [-0.2, -0.15) is 0 Å². The lowest BCUT2D eigenvalue weighted by Crippen LogP contribution is -1.85. The molecular formula is C14H12O2S. The smallest absolute Gasteiger partial charge is 0.153 e. The first-order valence-electron chi connectivity index (χ1n) is 5.18. The lowest BCUT2D eigenvalue weighted by Gasteiger charge is -2.08. The second kappa shape index (κ2) is 5.06. The molecule has 2 nitrogen and oxygen atoms in total. The van der Waals surface area contributed by atoms with Gasteiger partial charge in [-0.25, -0.2) is 0 Å². The SMILES string of the molecule is CSc1ccccc1-c1ccc(C=O)c(O)c1. The Morgan fingerprint density at radius 3 is 2.59 bits per heavy atom. The van der Waals surface area contributed by atoms with Crippen LogP contribution in [-0.4, -0.2) is 17.6 Å². The van der Waals surface area contributed by atoms with E-state index in [0.717, 1.165) is 16.0 Å². The summed E-state index contributed by atoms with van der Waals surface area (Å²) in [5.74, 6) is 0.0217. The Balaban J connectivity index is 2.53. The Hall–Kier alpha value is -1.74. The van der Waals surface area contributed by atoms with Gasteiger partial charge in [-0.05, 0) is 35.6 Å². The van der Waals surface area contributed by atoms with Crippen LogP contribution in [0.5, 0.6) is 5.75 Å². The molecule has 3 heteroatoms. The number of hydrogen-bond donors (Lipinski definition) is 1. The van der Waals surface area contributed by atoms with E-state index in [4.69, 9.17) is 0 Å². The number of aldehydes is 1. The Morgan fingerprint density at radius 1 is 1.18 bits per heavy atom. The molecule has 2 rings (SSSR count). The van der Waals surface area contributed by atoms with Crippen LogP contribution in [0, 0.1) is 0 Å². The minimum absolute atomic E-state index is 0.0217. The quantitative estimate of drug-likeness (QED) is 0.662. The summed E-state index contributed by atoms with van der Waals surface area (Å²) in [6.45, 7) is 0. The average molecular weight is 244 g/mol. The summed E-state index contributed by atoms with van der Waals surface area (Å²) in [4.78, 5) is 11.8. The first-order valence-corrected chi connectivity index (χ1v) is 6.40. The van der Waals surface area contributed by atoms with Gasteiger partial charge in [0.05, 0.1) is 5.56 Å². The molecule has 2 aromatic rings. The molecule has 17 heavy (non-hydrogen) atoms. The molecule has 0 aromatic heterocycles. The van der Waals surface area contributed by atoms with Crippen LogP contribution in [-0.2, 0) is 0 Å². The molecule has 0 fully saturated rings. The fourth-order valence-electron chi connectivity index (χ4n) is 1.69. The van der Waals surface area contributed by atoms with E-state index in [1.807, 2.05) is 36.6 Å². The highest BCUT2D eigenvalue weighted by Crippen LogP contribution is 2.32. The van der Waals surface area contributed by atoms with Gasteiger partial charge in [0.25, 0.3) is 0 Å². The Bertz CT molecular complexity index is 550. The fourth-order valence-corrected chi connectivity index (χ4v) is 2.31. The largest absolute Gasteiger partial charge is 0.507 e. The molecule has 0 aliphatic rings. The second-order valence-electron chi connectivity index (χ2n) is 3.59. The molecule has 0 saturated carbocycles. The molecule has 0 spiro atoms. The summed E-state index contributed by atoms with van der Waals surface area (Å²) in [6, 6.07) is 13.1. The third-order valence-electron chi connectivity index (χ3n) is 2.58. The Labute approximate surface area is 104 Å². The summed E-state index contributed by atoms with van der Waals surface area (Å²) in [6.07, 6.45) is 2.66. The Kier molecular flexibility index (Phi) is 3.49. The Morgan fingerprint density at radius 2 is 1.94 bits per heavy atom. The number of benzene rings is 2. The first kappa shape index (κ1) is 11.7. The third-order valence-corrected chi connectivity index (χ3v) is 3.37. The zero-order chi connectivity index (χ0) is 12.3. The highest BCUT2D eigenvalue weighted by molar-refractivity contribution is 7.98. The first-order chi connectivity index (χ1) is 8.26. The maximum absolute atomic E-state index is 10.6. The van der Waals surface area contributed by atoms with Gasteiger partial charge in [-0.3, -0.25) is 4.79 Å². The van der Waals surface area contributed by atoms with Gasteiger partial charge in [0.2, 0.25) is 0 Å². The lowest BCUT2D eigenvalue weighted by molar-refractivity contribution is 0.112. The van der Waals surface area contributed by atoms with Crippen molar-refractivity contribution in [2.45, 2.75) is 4.90 Å². The van der Waals surface area contributed by atoms with Gasteiger partial charge in [0.15, 0.2) is 6.29 Å². The number of carbonyl (C=O) groups excluding carboxylic acids is 1. The maximum Gasteiger partial charge on any atom is 0.153 e. The molecule has 0 aliphatic heterocycles. The van der Waals surface area contributed by atoms with Gasteiger partial charge >= 0.3 is 0 Å². The molecule has 0 saturated heterocycles. The number of aromatic hydroxyl groups is 1. The van der Waals surface area contributed by atoms with Crippen LogP contribution in [0.4, 0.5) is 0 Å². The van der Waals surface area contributed by atoms with Crippen LogP contribution in [0.3, 0.4) is 0 Å². The van der Waals surface area contributed by atoms with Gasteiger partial charge in [-0.15, -0.1) is 11.8 Å². The monoisotopic (exact) mass is 244 g/mol. The molecule has 0 atom stereocenters. The maximum atomic E-state index is 10.6. The summed E-state index contributed by atoms with van der Waals surface area (Å²) in [5, 5.41) is 9.68. The molecule has 0 unspecified atom stereocenters. The van der Waals surface area contributed by atoms with E-state index in [9.17, 15) is 9.90 Å². The highest BCUT2D eigenvalue weighted by atomic mass is 32.2. The zero-order valence-corrected chi connectivity index (χ0v) is 10.2. The van der Waals surface area contributed by atoms with Crippen molar-refractivity contribution in [2.75, 3.05) is 6.26 Å². The van der Waals surface area contributed by atoms with Gasteiger partial charge in [0, 0.05) is 4.90 Å². The number of phenolic OH excluding ortho intramolecular Hbond substituents is 1. The van der Waals surface area contributed by atoms with Gasteiger partial charge in [-0.1, -0.05) is 24.3 Å². The van der Waals surface area contributed by atoms with Crippen molar-refractivity contribution in [3.63, 3.8) is 0 Å². The van der Waals surface area contributed by atoms with Crippen molar-refractivity contribution in [1.29, 1.82) is 0 Å². The summed E-state index contributed by atoms with van der Waals surface area (Å²) in [5.41, 5.74) is 2.29. The lowest BCUT2D eigenvalue weighted by atomic mass is 10.0. The van der Waals surface area contributed by atoms with Crippen molar-refractivity contribution < 1.29 is 9.90 Å². The molecule has 0 aliphatic carbocycles. The molecule has 0 amide bonds. The number of carbonyl (C=O) groups is 1. The molecule has 1 N–H and O–H groups in total. The molecular weight excluding hydrogens is 232 g/mol. The van der Waals surface area contributed by atoms with E-state index in [1.54, 1.807) is 23.9 Å². The topological polar surface area (TPSA) is 37.3 Å².